The van der Waals surface area contributed by atoms with Crippen LogP contribution in [0.5, 0.6) is 0 Å². The van der Waals surface area contributed by atoms with Crippen molar-refractivity contribution in [2.24, 2.45) is 0 Å². The van der Waals surface area contributed by atoms with Crippen LogP contribution in [-0.4, -0.2) is 16.9 Å². The fourth-order valence-corrected chi connectivity index (χ4v) is 1.86. The molecule has 0 bridgehead atoms. The average Bonchev–Trinajstić information content (AvgIpc) is 2.70. The van der Waals surface area contributed by atoms with Crippen LogP contribution in [0, 0.1) is 5.95 Å². The molecular formula is C11H13FN2O. The molecular weight excluding hydrogens is 195 g/mol. The van der Waals surface area contributed by atoms with E-state index < -0.39 is 5.95 Å². The molecule has 80 valence electrons. The van der Waals surface area contributed by atoms with Crippen molar-refractivity contribution in [2.45, 2.75) is 31.7 Å². The van der Waals surface area contributed by atoms with Crippen molar-refractivity contribution in [1.29, 1.82) is 0 Å². The molecule has 1 aliphatic carbocycles. The first-order chi connectivity index (χ1) is 7.25. The van der Waals surface area contributed by atoms with Gasteiger partial charge in [0.1, 0.15) is 5.69 Å². The molecule has 2 rings (SSSR count). The lowest BCUT2D eigenvalue weighted by atomic mass is 10.2. The molecule has 1 fully saturated rings. The smallest absolute Gasteiger partial charge is 0.270 e. The first-order valence-corrected chi connectivity index (χ1v) is 5.19. The van der Waals surface area contributed by atoms with Crippen LogP contribution in [0.25, 0.3) is 0 Å². The van der Waals surface area contributed by atoms with Crippen LogP contribution in [0.3, 0.4) is 0 Å². The Hall–Kier alpha value is -1.45. The quantitative estimate of drug-likeness (QED) is 0.754. The molecule has 1 aromatic rings. The van der Waals surface area contributed by atoms with E-state index in [1.54, 1.807) is 0 Å². The number of halogens is 1. The molecule has 1 heterocycles. The third-order valence-electron chi connectivity index (χ3n) is 2.64. The third kappa shape index (κ3) is 2.52. The SMILES string of the molecule is O=C(NC1CCCC1)c1cccc(F)n1. The average molecular weight is 208 g/mol. The van der Waals surface area contributed by atoms with Crippen molar-refractivity contribution >= 4 is 5.91 Å². The van der Waals surface area contributed by atoms with E-state index in [4.69, 9.17) is 0 Å². The Bertz CT molecular complexity index is 361. The summed E-state index contributed by atoms with van der Waals surface area (Å²) in [6.45, 7) is 0. The molecule has 1 aliphatic rings. The standard InChI is InChI=1S/C11H13FN2O/c12-10-7-3-6-9(14-10)11(15)13-8-4-1-2-5-8/h3,6-8H,1-2,4-5H2,(H,13,15). The second-order valence-corrected chi connectivity index (χ2v) is 3.80. The Labute approximate surface area is 87.7 Å². The maximum atomic E-state index is 12.7. The summed E-state index contributed by atoms with van der Waals surface area (Å²) in [4.78, 5) is 15.1. The second-order valence-electron chi connectivity index (χ2n) is 3.80. The minimum Gasteiger partial charge on any atom is -0.348 e. The second kappa shape index (κ2) is 4.38. The van der Waals surface area contributed by atoms with E-state index >= 15 is 0 Å². The van der Waals surface area contributed by atoms with Gasteiger partial charge in [-0.3, -0.25) is 4.79 Å². The number of carbonyl (C=O) groups excluding carboxylic acids is 1. The predicted molar refractivity (Wildman–Crippen MR) is 53.9 cm³/mol. The highest BCUT2D eigenvalue weighted by atomic mass is 19.1. The number of hydrogen-bond donors (Lipinski definition) is 1. The molecule has 1 N–H and O–H groups in total. The minimum absolute atomic E-state index is 0.155. The van der Waals surface area contributed by atoms with E-state index in [0.29, 0.717) is 0 Å². The highest BCUT2D eigenvalue weighted by molar-refractivity contribution is 5.92. The van der Waals surface area contributed by atoms with Crippen LogP contribution in [0.15, 0.2) is 18.2 Å². The van der Waals surface area contributed by atoms with Crippen molar-refractivity contribution < 1.29 is 9.18 Å². The van der Waals surface area contributed by atoms with Gasteiger partial charge >= 0.3 is 0 Å². The number of nitrogens with one attached hydrogen (secondary N) is 1. The lowest BCUT2D eigenvalue weighted by molar-refractivity contribution is 0.0931. The van der Waals surface area contributed by atoms with Gasteiger partial charge in [-0.15, -0.1) is 0 Å². The van der Waals surface area contributed by atoms with Gasteiger partial charge in [0.05, 0.1) is 0 Å². The number of rotatable bonds is 2. The van der Waals surface area contributed by atoms with Gasteiger partial charge in [-0.25, -0.2) is 4.98 Å². The van der Waals surface area contributed by atoms with Gasteiger partial charge in [-0.05, 0) is 25.0 Å². The highest BCUT2D eigenvalue weighted by Gasteiger charge is 2.18. The third-order valence-corrected chi connectivity index (χ3v) is 2.64. The highest BCUT2D eigenvalue weighted by Crippen LogP contribution is 2.17. The molecule has 3 nitrogen and oxygen atoms in total. The maximum Gasteiger partial charge on any atom is 0.270 e. The topological polar surface area (TPSA) is 42.0 Å². The molecule has 4 heteroatoms. The molecule has 0 aromatic carbocycles. The number of aromatic nitrogens is 1. The van der Waals surface area contributed by atoms with Gasteiger partial charge in [0, 0.05) is 6.04 Å². The predicted octanol–water partition coefficient (Wildman–Crippen LogP) is 1.89. The number of carbonyl (C=O) groups is 1. The number of hydrogen-bond acceptors (Lipinski definition) is 2. The van der Waals surface area contributed by atoms with Gasteiger partial charge in [-0.2, -0.15) is 4.39 Å². The zero-order valence-electron chi connectivity index (χ0n) is 8.37. The van der Waals surface area contributed by atoms with Crippen molar-refractivity contribution in [1.82, 2.24) is 10.3 Å². The van der Waals surface area contributed by atoms with Crippen LogP contribution >= 0.6 is 0 Å². The largest absolute Gasteiger partial charge is 0.348 e. The Morgan fingerprint density at radius 2 is 2.13 bits per heavy atom. The summed E-state index contributed by atoms with van der Waals surface area (Å²) >= 11 is 0. The molecule has 0 radical (unpaired) electrons. The van der Waals surface area contributed by atoms with E-state index in [1.165, 1.54) is 18.2 Å². The Morgan fingerprint density at radius 3 is 2.80 bits per heavy atom. The Balaban J connectivity index is 2.01. The molecule has 0 saturated heterocycles. The van der Waals surface area contributed by atoms with Gasteiger partial charge in [0.2, 0.25) is 5.95 Å². The van der Waals surface area contributed by atoms with E-state index in [1.807, 2.05) is 0 Å². The van der Waals surface area contributed by atoms with Crippen LogP contribution in [-0.2, 0) is 0 Å². The van der Waals surface area contributed by atoms with E-state index in [-0.39, 0.29) is 17.6 Å². The summed E-state index contributed by atoms with van der Waals surface area (Å²) < 4.78 is 12.7. The van der Waals surface area contributed by atoms with E-state index in [0.717, 1.165) is 25.7 Å². The fourth-order valence-electron chi connectivity index (χ4n) is 1.86. The Morgan fingerprint density at radius 1 is 1.40 bits per heavy atom. The van der Waals surface area contributed by atoms with Gasteiger partial charge in [0.25, 0.3) is 5.91 Å². The number of nitrogens with zero attached hydrogens (tertiary/aromatic N) is 1. The molecule has 1 aromatic heterocycles. The lowest BCUT2D eigenvalue weighted by Gasteiger charge is -2.10. The minimum atomic E-state index is -0.617. The molecule has 0 atom stereocenters. The fraction of sp³-hybridized carbons (Fsp3) is 0.455. The monoisotopic (exact) mass is 208 g/mol. The first-order valence-electron chi connectivity index (χ1n) is 5.19. The summed E-state index contributed by atoms with van der Waals surface area (Å²) in [5.41, 5.74) is 0.155. The summed E-state index contributed by atoms with van der Waals surface area (Å²) in [6.07, 6.45) is 4.34. The summed E-state index contributed by atoms with van der Waals surface area (Å²) in [5, 5.41) is 2.85. The number of amides is 1. The normalized spacial score (nSPS) is 16.6. The maximum absolute atomic E-state index is 12.7. The first kappa shape index (κ1) is 10.1. The zero-order valence-corrected chi connectivity index (χ0v) is 8.37. The molecule has 0 spiro atoms. The summed E-state index contributed by atoms with van der Waals surface area (Å²) in [7, 11) is 0. The van der Waals surface area contributed by atoms with Gasteiger partial charge in [0.15, 0.2) is 0 Å². The van der Waals surface area contributed by atoms with E-state index in [2.05, 4.69) is 10.3 Å². The molecule has 1 saturated carbocycles. The Kier molecular flexibility index (Phi) is 2.94. The molecule has 0 aliphatic heterocycles. The lowest BCUT2D eigenvalue weighted by Crippen LogP contribution is -2.33. The van der Waals surface area contributed by atoms with E-state index in [9.17, 15) is 9.18 Å². The van der Waals surface area contributed by atoms with Gasteiger partial charge in [-0.1, -0.05) is 18.9 Å². The summed E-state index contributed by atoms with van der Waals surface area (Å²) in [5.74, 6) is -0.893. The van der Waals surface area contributed by atoms with Crippen LogP contribution in [0.1, 0.15) is 36.2 Å². The zero-order chi connectivity index (χ0) is 10.7. The molecule has 0 unspecified atom stereocenters. The van der Waals surface area contributed by atoms with Crippen molar-refractivity contribution in [3.05, 3.63) is 29.8 Å². The molecule has 1 amide bonds. The van der Waals surface area contributed by atoms with Gasteiger partial charge < -0.3 is 5.32 Å². The summed E-state index contributed by atoms with van der Waals surface area (Å²) in [6, 6.07) is 4.48. The van der Waals surface area contributed by atoms with Crippen molar-refractivity contribution in [3.8, 4) is 0 Å². The number of pyridine rings is 1. The van der Waals surface area contributed by atoms with Crippen molar-refractivity contribution in [2.75, 3.05) is 0 Å². The van der Waals surface area contributed by atoms with Crippen molar-refractivity contribution in [3.63, 3.8) is 0 Å². The van der Waals surface area contributed by atoms with Crippen LogP contribution in [0.4, 0.5) is 4.39 Å². The van der Waals surface area contributed by atoms with Crippen LogP contribution in [0.2, 0.25) is 0 Å². The molecule has 15 heavy (non-hydrogen) atoms. The van der Waals surface area contributed by atoms with Crippen LogP contribution < -0.4 is 5.32 Å².